The van der Waals surface area contributed by atoms with Gasteiger partial charge in [-0.25, -0.2) is 0 Å². The minimum Gasteiger partial charge on any atom is -0.381 e. The van der Waals surface area contributed by atoms with Gasteiger partial charge in [0, 0.05) is 11.3 Å². The van der Waals surface area contributed by atoms with Crippen molar-refractivity contribution in [2.24, 2.45) is 17.8 Å². The van der Waals surface area contributed by atoms with Crippen molar-refractivity contribution in [1.29, 1.82) is 0 Å². The van der Waals surface area contributed by atoms with Gasteiger partial charge in [0.05, 0.1) is 17.9 Å². The fourth-order valence-electron chi connectivity index (χ4n) is 2.80. The van der Waals surface area contributed by atoms with Crippen LogP contribution in [0, 0.1) is 17.8 Å². The Morgan fingerprint density at radius 1 is 1.33 bits per heavy atom. The van der Waals surface area contributed by atoms with Gasteiger partial charge in [-0.05, 0) is 35.5 Å². The topological polar surface area (TPSA) is 51.2 Å². The van der Waals surface area contributed by atoms with E-state index in [1.54, 1.807) is 0 Å². The average Bonchev–Trinajstić information content (AvgIpc) is 2.78. The van der Waals surface area contributed by atoms with E-state index in [0.717, 1.165) is 23.3 Å². The Labute approximate surface area is 108 Å². The molecule has 92 valence electrons. The summed E-state index contributed by atoms with van der Waals surface area (Å²) in [6, 6.07) is 7.95. The largest absolute Gasteiger partial charge is 0.381 e. The zero-order chi connectivity index (χ0) is 12.1. The van der Waals surface area contributed by atoms with Gasteiger partial charge in [-0.15, -0.1) is 0 Å². The first kappa shape index (κ1) is 10.5. The van der Waals surface area contributed by atoms with Crippen LogP contribution in [0.15, 0.2) is 24.3 Å². The van der Waals surface area contributed by atoms with E-state index in [1.165, 1.54) is 11.5 Å². The molecule has 18 heavy (non-hydrogen) atoms. The first-order chi connectivity index (χ1) is 8.84. The maximum Gasteiger partial charge on any atom is 0.229 e. The number of nitrogens with zero attached hydrogens (tertiary/aromatic N) is 1. The summed E-state index contributed by atoms with van der Waals surface area (Å²) in [6.45, 7) is 1.47. The van der Waals surface area contributed by atoms with Gasteiger partial charge < -0.3 is 10.1 Å². The minimum atomic E-state index is 0.101. The summed E-state index contributed by atoms with van der Waals surface area (Å²) >= 11 is 1.42. The quantitative estimate of drug-likeness (QED) is 0.900. The molecule has 2 aromatic rings. The van der Waals surface area contributed by atoms with Crippen LogP contribution in [0.25, 0.3) is 10.1 Å². The van der Waals surface area contributed by atoms with Crippen LogP contribution in [0.4, 0.5) is 5.82 Å². The van der Waals surface area contributed by atoms with Gasteiger partial charge in [0.1, 0.15) is 0 Å². The van der Waals surface area contributed by atoms with Gasteiger partial charge in [0.15, 0.2) is 5.82 Å². The molecule has 3 atom stereocenters. The highest BCUT2D eigenvalue weighted by molar-refractivity contribution is 7.13. The molecule has 2 fully saturated rings. The zero-order valence-electron chi connectivity index (χ0n) is 9.63. The molecule has 2 aliphatic rings. The summed E-state index contributed by atoms with van der Waals surface area (Å²) in [5, 5.41) is 3.99. The minimum absolute atomic E-state index is 0.101. The summed E-state index contributed by atoms with van der Waals surface area (Å²) in [6.07, 6.45) is 0. The third-order valence-corrected chi connectivity index (χ3v) is 4.70. The van der Waals surface area contributed by atoms with Crippen molar-refractivity contribution in [3.05, 3.63) is 24.3 Å². The van der Waals surface area contributed by atoms with Gasteiger partial charge in [0.2, 0.25) is 5.91 Å². The van der Waals surface area contributed by atoms with Crippen molar-refractivity contribution >= 4 is 33.3 Å². The van der Waals surface area contributed by atoms with Crippen molar-refractivity contribution in [1.82, 2.24) is 4.37 Å². The zero-order valence-corrected chi connectivity index (χ0v) is 10.4. The van der Waals surface area contributed by atoms with Crippen LogP contribution < -0.4 is 5.32 Å². The number of rotatable bonds is 2. The van der Waals surface area contributed by atoms with Crippen molar-refractivity contribution in [3.8, 4) is 0 Å². The molecule has 1 N–H and O–H groups in total. The lowest BCUT2D eigenvalue weighted by molar-refractivity contribution is -0.118. The number of nitrogens with one attached hydrogen (secondary N) is 1. The molecule has 1 aromatic heterocycles. The number of benzene rings is 1. The lowest BCUT2D eigenvalue weighted by atomic mass is 10.2. The number of hydrogen-bond donors (Lipinski definition) is 1. The Kier molecular flexibility index (Phi) is 2.19. The SMILES string of the molecule is O=C(Nc1nsc2ccccc12)C1[C@H]2COC[C@@H]12. The highest BCUT2D eigenvalue weighted by atomic mass is 32.1. The van der Waals surface area contributed by atoms with Gasteiger partial charge >= 0.3 is 0 Å². The second kappa shape index (κ2) is 3.76. The van der Waals surface area contributed by atoms with Crippen LogP contribution >= 0.6 is 11.5 Å². The van der Waals surface area contributed by atoms with E-state index in [1.807, 2.05) is 24.3 Å². The number of ether oxygens (including phenoxy) is 1. The molecule has 1 aliphatic heterocycles. The highest BCUT2D eigenvalue weighted by Gasteiger charge is 2.58. The molecule has 4 rings (SSSR count). The number of amides is 1. The molecule has 5 heteroatoms. The van der Waals surface area contributed by atoms with E-state index in [0.29, 0.717) is 17.7 Å². The number of aromatic nitrogens is 1. The van der Waals surface area contributed by atoms with Crippen molar-refractivity contribution in [2.45, 2.75) is 0 Å². The van der Waals surface area contributed by atoms with E-state index >= 15 is 0 Å². The van der Waals surface area contributed by atoms with Crippen LogP contribution in [-0.2, 0) is 9.53 Å². The van der Waals surface area contributed by atoms with Crippen LogP contribution in [0.1, 0.15) is 0 Å². The molecular formula is C13H12N2O2S. The molecule has 1 unspecified atom stereocenters. The number of carbonyl (C=O) groups is 1. The molecule has 2 heterocycles. The molecule has 1 amide bonds. The Bertz CT molecular complexity index is 614. The Morgan fingerprint density at radius 2 is 2.11 bits per heavy atom. The maximum absolute atomic E-state index is 12.1. The molecule has 1 saturated carbocycles. The van der Waals surface area contributed by atoms with E-state index in [-0.39, 0.29) is 11.8 Å². The smallest absolute Gasteiger partial charge is 0.229 e. The van der Waals surface area contributed by atoms with Crippen LogP contribution in [0.3, 0.4) is 0 Å². The molecule has 1 aliphatic carbocycles. The molecule has 0 radical (unpaired) electrons. The highest BCUT2D eigenvalue weighted by Crippen LogP contribution is 2.51. The van der Waals surface area contributed by atoms with Crippen molar-refractivity contribution in [2.75, 3.05) is 18.5 Å². The monoisotopic (exact) mass is 260 g/mol. The predicted molar refractivity (Wildman–Crippen MR) is 69.5 cm³/mol. The fourth-order valence-corrected chi connectivity index (χ4v) is 3.54. The summed E-state index contributed by atoms with van der Waals surface area (Å²) in [5.74, 6) is 1.82. The summed E-state index contributed by atoms with van der Waals surface area (Å²) < 4.78 is 10.7. The first-order valence-electron chi connectivity index (χ1n) is 6.07. The molecular weight excluding hydrogens is 248 g/mol. The summed E-state index contributed by atoms with van der Waals surface area (Å²) in [7, 11) is 0. The average molecular weight is 260 g/mol. The van der Waals surface area contributed by atoms with Crippen LogP contribution in [0.2, 0.25) is 0 Å². The lowest BCUT2D eigenvalue weighted by Gasteiger charge is -2.04. The molecule has 1 aromatic carbocycles. The number of carbonyl (C=O) groups excluding carboxylic acids is 1. The second-order valence-electron chi connectivity index (χ2n) is 4.91. The molecule has 1 saturated heterocycles. The Balaban J connectivity index is 1.56. The van der Waals surface area contributed by atoms with Crippen LogP contribution in [-0.4, -0.2) is 23.5 Å². The molecule has 0 bridgehead atoms. The number of hydrogen-bond acceptors (Lipinski definition) is 4. The standard InChI is InChI=1S/C13H12N2O2S/c16-13(11-8-5-17-6-9(8)11)14-12-7-3-1-2-4-10(7)18-15-12/h1-4,8-9,11H,5-6H2,(H,14,15,16)/t8-,9+,11?. The number of anilines is 1. The third-order valence-electron chi connectivity index (χ3n) is 3.87. The third kappa shape index (κ3) is 1.47. The van der Waals surface area contributed by atoms with E-state index in [9.17, 15) is 4.79 Å². The molecule has 0 spiro atoms. The van der Waals surface area contributed by atoms with E-state index in [4.69, 9.17) is 4.74 Å². The van der Waals surface area contributed by atoms with Gasteiger partial charge in [0.25, 0.3) is 0 Å². The normalized spacial score (nSPS) is 29.2. The number of fused-ring (bicyclic) bond motifs is 2. The first-order valence-corrected chi connectivity index (χ1v) is 6.85. The molecule has 4 nitrogen and oxygen atoms in total. The Morgan fingerprint density at radius 3 is 2.94 bits per heavy atom. The summed E-state index contributed by atoms with van der Waals surface area (Å²) in [5.41, 5.74) is 0. The van der Waals surface area contributed by atoms with E-state index < -0.39 is 0 Å². The van der Waals surface area contributed by atoms with Gasteiger partial charge in [-0.3, -0.25) is 4.79 Å². The van der Waals surface area contributed by atoms with E-state index in [2.05, 4.69) is 9.69 Å². The fraction of sp³-hybridized carbons (Fsp3) is 0.385. The van der Waals surface area contributed by atoms with Crippen LogP contribution in [0.5, 0.6) is 0 Å². The second-order valence-corrected chi connectivity index (χ2v) is 5.71. The Hall–Kier alpha value is -1.46. The van der Waals surface area contributed by atoms with Crippen molar-refractivity contribution < 1.29 is 9.53 Å². The van der Waals surface area contributed by atoms with Crippen molar-refractivity contribution in [3.63, 3.8) is 0 Å². The predicted octanol–water partition coefficient (Wildman–Crippen LogP) is 2.13. The maximum atomic E-state index is 12.1. The van der Waals surface area contributed by atoms with Gasteiger partial charge in [-0.1, -0.05) is 12.1 Å². The summed E-state index contributed by atoms with van der Waals surface area (Å²) in [4.78, 5) is 12.1. The lowest BCUT2D eigenvalue weighted by Crippen LogP contribution is -2.18. The van der Waals surface area contributed by atoms with Gasteiger partial charge in [-0.2, -0.15) is 4.37 Å².